The van der Waals surface area contributed by atoms with Gasteiger partial charge in [-0.25, -0.2) is 13.4 Å². The summed E-state index contributed by atoms with van der Waals surface area (Å²) in [5.41, 5.74) is 2.05. The predicted molar refractivity (Wildman–Crippen MR) is 83.7 cm³/mol. The highest BCUT2D eigenvalue weighted by Gasteiger charge is 2.18. The highest BCUT2D eigenvalue weighted by Crippen LogP contribution is 2.26. The van der Waals surface area contributed by atoms with E-state index in [1.165, 1.54) is 6.20 Å². The van der Waals surface area contributed by atoms with Gasteiger partial charge >= 0.3 is 0 Å². The topological polar surface area (TPSA) is 59.1 Å². The molecule has 0 saturated carbocycles. The molecule has 4 nitrogen and oxygen atoms in total. The van der Waals surface area contributed by atoms with Crippen LogP contribution in [0.25, 0.3) is 0 Å². The first kappa shape index (κ1) is 15.3. The van der Waals surface area contributed by atoms with Crippen LogP contribution in [-0.4, -0.2) is 13.4 Å². The third-order valence-electron chi connectivity index (χ3n) is 2.64. The van der Waals surface area contributed by atoms with Gasteiger partial charge in [-0.15, -0.1) is 0 Å². The summed E-state index contributed by atoms with van der Waals surface area (Å²) >= 11 is 9.08. The normalized spacial score (nSPS) is 11.4. The van der Waals surface area contributed by atoms with Gasteiger partial charge in [0.1, 0.15) is 10.0 Å². The van der Waals surface area contributed by atoms with Gasteiger partial charge in [-0.3, -0.25) is 4.72 Å². The van der Waals surface area contributed by atoms with E-state index in [-0.39, 0.29) is 4.90 Å². The van der Waals surface area contributed by atoms with Crippen LogP contribution in [-0.2, 0) is 10.0 Å². The number of aromatic nitrogens is 1. The predicted octanol–water partition coefficient (Wildman–Crippen LogP) is 3.92. The maximum Gasteiger partial charge on any atom is 0.263 e. The van der Waals surface area contributed by atoms with E-state index >= 15 is 0 Å². The summed E-state index contributed by atoms with van der Waals surface area (Å²) < 4.78 is 27.7. The van der Waals surface area contributed by atoms with Crippen LogP contribution in [0.1, 0.15) is 11.1 Å². The molecule has 2 rings (SSSR count). The molecule has 2 aromatic rings. The van der Waals surface area contributed by atoms with Crippen LogP contribution in [0.5, 0.6) is 0 Å². The maximum atomic E-state index is 12.3. The van der Waals surface area contributed by atoms with Crippen molar-refractivity contribution in [2.45, 2.75) is 18.7 Å². The highest BCUT2D eigenvalue weighted by molar-refractivity contribution is 9.10. The average Bonchev–Trinajstić information content (AvgIpc) is 2.33. The number of pyridine rings is 1. The Labute approximate surface area is 131 Å². The monoisotopic (exact) mass is 374 g/mol. The lowest BCUT2D eigenvalue weighted by Gasteiger charge is -2.10. The summed E-state index contributed by atoms with van der Waals surface area (Å²) in [4.78, 5) is 4.10. The van der Waals surface area contributed by atoms with Gasteiger partial charge in [0.05, 0.1) is 11.9 Å². The van der Waals surface area contributed by atoms with Gasteiger partial charge in [0.2, 0.25) is 0 Å². The van der Waals surface area contributed by atoms with Crippen molar-refractivity contribution in [2.75, 3.05) is 4.72 Å². The number of sulfonamides is 1. The fourth-order valence-electron chi connectivity index (χ4n) is 1.65. The van der Waals surface area contributed by atoms with Gasteiger partial charge in [0, 0.05) is 4.47 Å². The van der Waals surface area contributed by atoms with E-state index in [9.17, 15) is 8.42 Å². The average molecular weight is 376 g/mol. The highest BCUT2D eigenvalue weighted by atomic mass is 79.9. The molecule has 0 atom stereocenters. The third kappa shape index (κ3) is 3.31. The fourth-order valence-corrected chi connectivity index (χ4v) is 3.98. The molecule has 20 heavy (non-hydrogen) atoms. The second kappa shape index (κ2) is 5.71. The Kier molecular flexibility index (Phi) is 4.36. The summed E-state index contributed by atoms with van der Waals surface area (Å²) in [5, 5.41) is 0.351. The number of anilines is 1. The van der Waals surface area contributed by atoms with E-state index in [2.05, 4.69) is 25.6 Å². The summed E-state index contributed by atoms with van der Waals surface area (Å²) in [7, 11) is -3.67. The van der Waals surface area contributed by atoms with Crippen molar-refractivity contribution in [3.8, 4) is 0 Å². The number of benzene rings is 1. The van der Waals surface area contributed by atoms with Crippen molar-refractivity contribution >= 4 is 43.2 Å². The lowest BCUT2D eigenvalue weighted by molar-refractivity contribution is 0.600. The molecular formula is C13H12BrClN2O2S. The summed E-state index contributed by atoms with van der Waals surface area (Å²) in [6, 6.07) is 6.68. The SMILES string of the molecule is Cc1ccc(S(=O)(=O)Nc2cnc(Cl)c(C)c2)c(Br)c1. The zero-order chi connectivity index (χ0) is 14.9. The molecule has 0 bridgehead atoms. The Balaban J connectivity index is 2.38. The molecule has 0 aliphatic carbocycles. The number of rotatable bonds is 3. The van der Waals surface area contributed by atoms with E-state index in [1.807, 2.05) is 6.92 Å². The first-order valence-electron chi connectivity index (χ1n) is 5.71. The molecule has 0 aliphatic heterocycles. The van der Waals surface area contributed by atoms with Crippen molar-refractivity contribution < 1.29 is 8.42 Å². The molecule has 0 spiro atoms. The van der Waals surface area contributed by atoms with Gasteiger partial charge in [-0.1, -0.05) is 17.7 Å². The Morgan fingerprint density at radius 2 is 1.95 bits per heavy atom. The van der Waals surface area contributed by atoms with Gasteiger partial charge in [-0.05, 0) is 59.1 Å². The Hall–Kier alpha value is -1.11. The molecule has 1 aromatic heterocycles. The molecule has 0 unspecified atom stereocenters. The summed E-state index contributed by atoms with van der Waals surface area (Å²) in [5.74, 6) is 0. The van der Waals surface area contributed by atoms with Crippen LogP contribution < -0.4 is 4.72 Å². The number of nitrogens with zero attached hydrogens (tertiary/aromatic N) is 1. The maximum absolute atomic E-state index is 12.3. The minimum absolute atomic E-state index is 0.177. The Morgan fingerprint density at radius 1 is 1.25 bits per heavy atom. The van der Waals surface area contributed by atoms with E-state index in [1.54, 1.807) is 31.2 Å². The van der Waals surface area contributed by atoms with Gasteiger partial charge in [-0.2, -0.15) is 0 Å². The number of halogens is 2. The molecule has 0 aliphatic rings. The number of aryl methyl sites for hydroxylation is 2. The first-order valence-corrected chi connectivity index (χ1v) is 8.36. The van der Waals surface area contributed by atoms with Crippen molar-refractivity contribution in [1.82, 2.24) is 4.98 Å². The van der Waals surface area contributed by atoms with E-state index in [0.29, 0.717) is 20.9 Å². The largest absolute Gasteiger partial charge is 0.278 e. The molecule has 106 valence electrons. The molecular weight excluding hydrogens is 364 g/mol. The molecule has 1 N–H and O–H groups in total. The smallest absolute Gasteiger partial charge is 0.263 e. The minimum Gasteiger partial charge on any atom is -0.278 e. The lowest BCUT2D eigenvalue weighted by atomic mass is 10.2. The first-order chi connectivity index (χ1) is 9.29. The second-order valence-electron chi connectivity index (χ2n) is 4.37. The van der Waals surface area contributed by atoms with Gasteiger partial charge in [0.25, 0.3) is 10.0 Å². The molecule has 0 saturated heterocycles. The van der Waals surface area contributed by atoms with Crippen LogP contribution in [0.15, 0.2) is 39.8 Å². The van der Waals surface area contributed by atoms with Crippen LogP contribution in [0, 0.1) is 13.8 Å². The van der Waals surface area contributed by atoms with E-state index < -0.39 is 10.0 Å². The van der Waals surface area contributed by atoms with E-state index in [0.717, 1.165) is 5.56 Å². The van der Waals surface area contributed by atoms with Crippen LogP contribution >= 0.6 is 27.5 Å². The molecule has 0 amide bonds. The summed E-state index contributed by atoms with van der Waals surface area (Å²) in [6.45, 7) is 3.65. The van der Waals surface area contributed by atoms with Crippen molar-refractivity contribution in [3.05, 3.63) is 51.2 Å². The van der Waals surface area contributed by atoms with E-state index in [4.69, 9.17) is 11.6 Å². The quantitative estimate of drug-likeness (QED) is 0.827. The number of hydrogen-bond acceptors (Lipinski definition) is 3. The van der Waals surface area contributed by atoms with Crippen molar-refractivity contribution in [1.29, 1.82) is 0 Å². The minimum atomic E-state index is -3.67. The number of hydrogen-bond donors (Lipinski definition) is 1. The van der Waals surface area contributed by atoms with Crippen LogP contribution in [0.3, 0.4) is 0 Å². The van der Waals surface area contributed by atoms with Gasteiger partial charge < -0.3 is 0 Å². The van der Waals surface area contributed by atoms with Crippen LogP contribution in [0.4, 0.5) is 5.69 Å². The molecule has 7 heteroatoms. The van der Waals surface area contributed by atoms with Crippen molar-refractivity contribution in [3.63, 3.8) is 0 Å². The zero-order valence-corrected chi connectivity index (χ0v) is 14.0. The van der Waals surface area contributed by atoms with Gasteiger partial charge in [0.15, 0.2) is 0 Å². The third-order valence-corrected chi connectivity index (χ3v) is 5.40. The Morgan fingerprint density at radius 3 is 2.55 bits per heavy atom. The fraction of sp³-hybridized carbons (Fsp3) is 0.154. The standard InChI is InChI=1S/C13H12BrClN2O2S/c1-8-3-4-12(11(14)5-8)20(18,19)17-10-6-9(2)13(15)16-7-10/h3-7,17H,1-2H3. The molecule has 1 heterocycles. The lowest BCUT2D eigenvalue weighted by Crippen LogP contribution is -2.14. The second-order valence-corrected chi connectivity index (χ2v) is 7.23. The zero-order valence-electron chi connectivity index (χ0n) is 10.8. The molecule has 0 fully saturated rings. The Bertz CT molecular complexity index is 763. The van der Waals surface area contributed by atoms with Crippen molar-refractivity contribution in [2.24, 2.45) is 0 Å². The van der Waals surface area contributed by atoms with Crippen LogP contribution in [0.2, 0.25) is 5.15 Å². The molecule has 1 aromatic carbocycles. The molecule has 0 radical (unpaired) electrons. The number of nitrogens with one attached hydrogen (secondary N) is 1. The summed E-state index contributed by atoms with van der Waals surface area (Å²) in [6.07, 6.45) is 1.38.